The second-order valence-electron chi connectivity index (χ2n) is 10.8. The van der Waals surface area contributed by atoms with Crippen molar-refractivity contribution in [2.24, 2.45) is 0 Å². The lowest BCUT2D eigenvalue weighted by Crippen LogP contribution is -2.25. The van der Waals surface area contributed by atoms with E-state index >= 15 is 4.39 Å². The Labute approximate surface area is 252 Å². The second kappa shape index (κ2) is 11.9. The molecule has 4 aromatic heterocycles. The Balaban J connectivity index is 1.51. The number of pyridine rings is 2. The number of nitrogens with one attached hydrogen (secondary N) is 3. The number of amides is 2. The Bertz CT molecular complexity index is 1990. The van der Waals surface area contributed by atoms with Crippen LogP contribution in [0.2, 0.25) is 0 Å². The number of halogens is 1. The van der Waals surface area contributed by atoms with Gasteiger partial charge in [0.1, 0.15) is 29.0 Å². The maximum atomic E-state index is 15.2. The fraction of sp³-hybridized carbons (Fsp3) is 0.258. The summed E-state index contributed by atoms with van der Waals surface area (Å²) in [4.78, 5) is 39.8. The standard InChI is InChI=1S/C31H31FN10O2/c1-16(2)25-12-27(42(40-25)21-8-7-20(13-33)35-15-21)38-31(44)37-26-11-22(18(5)9-24(26)32)23-10-19-14-36-30(34-6)39-28(19)41(17(3)4)29(23)43/h7-12,14-17H,1-6H3,(H,34,36,39)(H2,37,38,44). The summed E-state index contributed by atoms with van der Waals surface area (Å²) in [6.45, 7) is 9.38. The molecule has 0 unspecified atom stereocenters. The zero-order chi connectivity index (χ0) is 31.7. The zero-order valence-corrected chi connectivity index (χ0v) is 25.1. The molecule has 0 saturated carbocycles. The molecular formula is C31H31FN10O2. The van der Waals surface area contributed by atoms with Gasteiger partial charge < -0.3 is 10.6 Å². The lowest BCUT2D eigenvalue weighted by atomic mass is 9.99. The first-order valence-electron chi connectivity index (χ1n) is 14.0. The van der Waals surface area contributed by atoms with E-state index in [2.05, 4.69) is 36.0 Å². The largest absolute Gasteiger partial charge is 0.357 e. The lowest BCUT2D eigenvalue weighted by molar-refractivity contribution is 0.262. The van der Waals surface area contributed by atoms with Crippen LogP contribution in [0.4, 0.5) is 26.6 Å². The van der Waals surface area contributed by atoms with Gasteiger partial charge in [-0.15, -0.1) is 0 Å². The molecular weight excluding hydrogens is 563 g/mol. The number of rotatable bonds is 7. The van der Waals surface area contributed by atoms with Crippen molar-refractivity contribution in [3.05, 3.63) is 81.9 Å². The average Bonchev–Trinajstić information content (AvgIpc) is 3.41. The monoisotopic (exact) mass is 594 g/mol. The molecule has 0 radical (unpaired) electrons. The van der Waals surface area contributed by atoms with Crippen molar-refractivity contribution in [3.63, 3.8) is 0 Å². The number of carbonyl (C=O) groups excluding carboxylic acids is 1. The predicted octanol–water partition coefficient (Wildman–Crippen LogP) is 5.75. The number of carbonyl (C=O) groups is 1. The smallest absolute Gasteiger partial charge is 0.324 e. The van der Waals surface area contributed by atoms with Crippen LogP contribution in [-0.4, -0.2) is 42.4 Å². The highest BCUT2D eigenvalue weighted by Crippen LogP contribution is 2.30. The van der Waals surface area contributed by atoms with E-state index in [1.807, 2.05) is 33.8 Å². The highest BCUT2D eigenvalue weighted by atomic mass is 19.1. The first-order valence-corrected chi connectivity index (χ1v) is 14.0. The van der Waals surface area contributed by atoms with Gasteiger partial charge >= 0.3 is 6.03 Å². The number of hydrogen-bond acceptors (Lipinski definition) is 8. The van der Waals surface area contributed by atoms with Crippen LogP contribution in [0.1, 0.15) is 56.6 Å². The summed E-state index contributed by atoms with van der Waals surface area (Å²) in [5.41, 5.74) is 2.81. The Morgan fingerprint density at radius 3 is 2.43 bits per heavy atom. The molecule has 0 atom stereocenters. The highest BCUT2D eigenvalue weighted by Gasteiger charge is 2.20. The Hall–Kier alpha value is -5.64. The summed E-state index contributed by atoms with van der Waals surface area (Å²) >= 11 is 0. The topological polar surface area (TPSA) is 155 Å². The van der Waals surface area contributed by atoms with Gasteiger partial charge in [-0.2, -0.15) is 15.3 Å². The Morgan fingerprint density at radius 1 is 1.02 bits per heavy atom. The summed E-state index contributed by atoms with van der Waals surface area (Å²) in [7, 11) is 1.70. The average molecular weight is 595 g/mol. The number of nitrogens with zero attached hydrogens (tertiary/aromatic N) is 7. The van der Waals surface area contributed by atoms with Gasteiger partial charge in [0.15, 0.2) is 0 Å². The first-order chi connectivity index (χ1) is 21.0. The van der Waals surface area contributed by atoms with E-state index in [0.29, 0.717) is 50.9 Å². The van der Waals surface area contributed by atoms with Gasteiger partial charge in [0.2, 0.25) is 5.95 Å². The fourth-order valence-corrected chi connectivity index (χ4v) is 4.79. The second-order valence-corrected chi connectivity index (χ2v) is 10.8. The third-order valence-electron chi connectivity index (χ3n) is 7.03. The number of aryl methyl sites for hydroxylation is 1. The van der Waals surface area contributed by atoms with E-state index < -0.39 is 11.8 Å². The number of fused-ring (bicyclic) bond motifs is 1. The summed E-state index contributed by atoms with van der Waals surface area (Å²) in [5, 5.41) is 22.5. The van der Waals surface area contributed by atoms with Crippen molar-refractivity contribution in [2.45, 2.75) is 46.6 Å². The van der Waals surface area contributed by atoms with E-state index in [-0.39, 0.29) is 28.9 Å². The molecule has 12 nitrogen and oxygen atoms in total. The molecule has 3 N–H and O–H groups in total. The zero-order valence-electron chi connectivity index (χ0n) is 25.1. The van der Waals surface area contributed by atoms with Gasteiger partial charge in [0, 0.05) is 36.3 Å². The van der Waals surface area contributed by atoms with Crippen LogP contribution in [0.25, 0.3) is 27.8 Å². The maximum absolute atomic E-state index is 15.2. The van der Waals surface area contributed by atoms with Crippen LogP contribution in [0.3, 0.4) is 0 Å². The molecule has 4 heterocycles. The van der Waals surface area contributed by atoms with Crippen LogP contribution in [0.5, 0.6) is 0 Å². The van der Waals surface area contributed by atoms with Crippen molar-refractivity contribution in [1.29, 1.82) is 5.26 Å². The van der Waals surface area contributed by atoms with E-state index in [4.69, 9.17) is 5.26 Å². The minimum Gasteiger partial charge on any atom is -0.357 e. The molecule has 0 spiro atoms. The van der Waals surface area contributed by atoms with Crippen molar-refractivity contribution in [3.8, 4) is 22.9 Å². The molecule has 0 aliphatic heterocycles. The van der Waals surface area contributed by atoms with Crippen LogP contribution in [0.15, 0.2) is 53.6 Å². The molecule has 2 amide bonds. The number of urea groups is 1. The molecule has 0 bridgehead atoms. The van der Waals surface area contributed by atoms with Gasteiger partial charge in [-0.3, -0.25) is 14.7 Å². The minimum absolute atomic E-state index is 0.0513. The number of aromatic nitrogens is 6. The number of nitriles is 1. The van der Waals surface area contributed by atoms with Crippen LogP contribution >= 0.6 is 0 Å². The first kappa shape index (κ1) is 29.8. The quantitative estimate of drug-likeness (QED) is 0.215. The number of anilines is 3. The summed E-state index contributed by atoms with van der Waals surface area (Å²) in [5.74, 6) is 0.0870. The van der Waals surface area contributed by atoms with E-state index in [1.165, 1.54) is 23.0 Å². The Kier molecular flexibility index (Phi) is 8.09. The van der Waals surface area contributed by atoms with Gasteiger partial charge in [-0.05, 0) is 68.1 Å². The number of benzene rings is 1. The van der Waals surface area contributed by atoms with Gasteiger partial charge in [-0.1, -0.05) is 13.8 Å². The molecule has 5 aromatic rings. The molecule has 0 aliphatic rings. The van der Waals surface area contributed by atoms with Crippen molar-refractivity contribution >= 4 is 34.5 Å². The van der Waals surface area contributed by atoms with Gasteiger partial charge in [0.05, 0.1) is 23.3 Å². The van der Waals surface area contributed by atoms with E-state index in [1.54, 1.807) is 49.0 Å². The third kappa shape index (κ3) is 5.69. The highest BCUT2D eigenvalue weighted by molar-refractivity contribution is 6.00. The predicted molar refractivity (Wildman–Crippen MR) is 167 cm³/mol. The molecule has 44 heavy (non-hydrogen) atoms. The van der Waals surface area contributed by atoms with Crippen molar-refractivity contribution in [1.82, 2.24) is 29.3 Å². The molecule has 0 fully saturated rings. The summed E-state index contributed by atoms with van der Waals surface area (Å²) < 4.78 is 18.3. The molecule has 224 valence electrons. The Morgan fingerprint density at radius 2 is 1.80 bits per heavy atom. The van der Waals surface area contributed by atoms with Gasteiger partial charge in [-0.25, -0.2) is 23.8 Å². The van der Waals surface area contributed by atoms with E-state index in [0.717, 1.165) is 0 Å². The molecule has 1 aromatic carbocycles. The van der Waals surface area contributed by atoms with E-state index in [9.17, 15) is 9.59 Å². The maximum Gasteiger partial charge on any atom is 0.324 e. The SMILES string of the molecule is CNc1ncc2cc(-c3cc(NC(=O)Nc4cc(C(C)C)nn4-c4ccc(C#N)nc4)c(F)cc3C)c(=O)n(C(C)C)c2n1. The van der Waals surface area contributed by atoms with Crippen molar-refractivity contribution in [2.75, 3.05) is 23.0 Å². The molecule has 0 saturated heterocycles. The fourth-order valence-electron chi connectivity index (χ4n) is 4.79. The van der Waals surface area contributed by atoms with Crippen LogP contribution in [-0.2, 0) is 0 Å². The van der Waals surface area contributed by atoms with Crippen LogP contribution in [0, 0.1) is 24.1 Å². The van der Waals surface area contributed by atoms with Gasteiger partial charge in [0.25, 0.3) is 5.56 Å². The summed E-state index contributed by atoms with van der Waals surface area (Å²) in [6.07, 6.45) is 3.10. The molecule has 5 rings (SSSR count). The summed E-state index contributed by atoms with van der Waals surface area (Å²) in [6, 6.07) is 10.3. The number of hydrogen-bond donors (Lipinski definition) is 3. The molecule has 0 aliphatic carbocycles. The third-order valence-corrected chi connectivity index (χ3v) is 7.03. The van der Waals surface area contributed by atoms with Crippen molar-refractivity contribution < 1.29 is 9.18 Å². The molecule has 13 heteroatoms. The van der Waals surface area contributed by atoms with Crippen LogP contribution < -0.4 is 21.5 Å². The minimum atomic E-state index is -0.720. The normalized spacial score (nSPS) is 11.2. The lowest BCUT2D eigenvalue weighted by Gasteiger charge is -2.17.